The highest BCUT2D eigenvalue weighted by Crippen LogP contribution is 2.33. The number of ether oxygens (including phenoxy) is 1. The van der Waals surface area contributed by atoms with Crippen molar-refractivity contribution in [3.8, 4) is 0 Å². The van der Waals surface area contributed by atoms with Gasteiger partial charge in [0.2, 0.25) is 0 Å². The van der Waals surface area contributed by atoms with Gasteiger partial charge in [0, 0.05) is 33.6 Å². The number of hydrogen-bond donors (Lipinski definition) is 1. The molecule has 1 aromatic carbocycles. The Labute approximate surface area is 129 Å². The first-order chi connectivity index (χ1) is 10.2. The molecule has 0 saturated heterocycles. The Hall–Kier alpha value is -1.01. The van der Waals surface area contributed by atoms with Crippen LogP contribution in [0, 0.1) is 5.82 Å². The van der Waals surface area contributed by atoms with Crippen LogP contribution in [-0.4, -0.2) is 31.1 Å². The largest absolute Gasteiger partial charge is 0.375 e. The summed E-state index contributed by atoms with van der Waals surface area (Å²) in [7, 11) is 0. The molecule has 0 amide bonds. The third kappa shape index (κ3) is 3.80. The predicted molar refractivity (Wildman–Crippen MR) is 87.1 cm³/mol. The maximum Gasteiger partial charge on any atom is 0.132 e. The molecule has 0 fully saturated rings. The molecule has 0 spiro atoms. The molecular weight excluding hydrogens is 287 g/mol. The highest BCUT2D eigenvalue weighted by molar-refractivity contribution is 7.19. The van der Waals surface area contributed by atoms with Crippen molar-refractivity contribution in [3.63, 3.8) is 0 Å². The molecule has 5 heteroatoms. The second-order valence-corrected chi connectivity index (χ2v) is 6.04. The summed E-state index contributed by atoms with van der Waals surface area (Å²) in [6, 6.07) is 5.16. The molecule has 0 aliphatic rings. The lowest BCUT2D eigenvalue weighted by atomic mass is 10.1. The minimum Gasteiger partial charge on any atom is -0.375 e. The molecule has 0 aliphatic carbocycles. The molecule has 1 heterocycles. The van der Waals surface area contributed by atoms with Crippen LogP contribution in [0.5, 0.6) is 0 Å². The average Bonchev–Trinajstić information content (AvgIpc) is 2.86. The summed E-state index contributed by atoms with van der Waals surface area (Å²) in [5, 5.41) is 0.672. The Morgan fingerprint density at radius 3 is 2.71 bits per heavy atom. The summed E-state index contributed by atoms with van der Waals surface area (Å²) >= 11 is 1.56. The van der Waals surface area contributed by atoms with E-state index >= 15 is 0 Å². The molecule has 0 radical (unpaired) electrons. The third-order valence-corrected chi connectivity index (χ3v) is 4.94. The summed E-state index contributed by atoms with van der Waals surface area (Å²) in [5.41, 5.74) is 6.70. The highest BCUT2D eigenvalue weighted by Gasteiger charge is 2.14. The van der Waals surface area contributed by atoms with E-state index in [0.717, 1.165) is 34.8 Å². The van der Waals surface area contributed by atoms with E-state index in [2.05, 4.69) is 18.7 Å². The number of nitrogens with zero attached hydrogens (tertiary/aromatic N) is 1. The van der Waals surface area contributed by atoms with Gasteiger partial charge in [0.05, 0.1) is 13.2 Å². The maximum atomic E-state index is 14.0. The lowest BCUT2D eigenvalue weighted by Gasteiger charge is -2.17. The smallest absolute Gasteiger partial charge is 0.132 e. The molecule has 0 aliphatic heterocycles. The summed E-state index contributed by atoms with van der Waals surface area (Å²) in [6.45, 7) is 8.71. The van der Waals surface area contributed by atoms with Gasteiger partial charge in [0.1, 0.15) is 5.82 Å². The Bertz CT molecular complexity index is 581. The Balaban J connectivity index is 2.07. The topological polar surface area (TPSA) is 38.5 Å². The van der Waals surface area contributed by atoms with Crippen molar-refractivity contribution in [3.05, 3.63) is 34.5 Å². The second kappa shape index (κ2) is 7.84. The summed E-state index contributed by atoms with van der Waals surface area (Å²) in [4.78, 5) is 3.31. The number of benzene rings is 1. The van der Waals surface area contributed by atoms with Crippen molar-refractivity contribution < 1.29 is 9.13 Å². The van der Waals surface area contributed by atoms with Gasteiger partial charge in [0.25, 0.3) is 0 Å². The molecule has 2 N–H and O–H groups in total. The fourth-order valence-electron chi connectivity index (χ4n) is 2.44. The maximum absolute atomic E-state index is 14.0. The molecule has 0 saturated carbocycles. The number of rotatable bonds is 8. The van der Waals surface area contributed by atoms with Gasteiger partial charge in [-0.25, -0.2) is 4.39 Å². The standard InChI is InChI=1S/C16H23FN2OS/c1-3-19(4-2)8-9-20-11-12-15(10-18)21-14-7-5-6-13(17)16(12)14/h5-7H,3-4,8-11,18H2,1-2H3. The van der Waals surface area contributed by atoms with Gasteiger partial charge in [-0.1, -0.05) is 19.9 Å². The predicted octanol–water partition coefficient (Wildman–Crippen LogP) is 3.36. The van der Waals surface area contributed by atoms with E-state index in [-0.39, 0.29) is 5.82 Å². The molecule has 0 bridgehead atoms. The zero-order chi connectivity index (χ0) is 15.2. The van der Waals surface area contributed by atoms with E-state index in [4.69, 9.17) is 10.5 Å². The molecule has 2 aromatic rings. The van der Waals surface area contributed by atoms with Gasteiger partial charge in [0.15, 0.2) is 0 Å². The quantitative estimate of drug-likeness (QED) is 0.760. The van der Waals surface area contributed by atoms with E-state index < -0.39 is 0 Å². The van der Waals surface area contributed by atoms with E-state index in [9.17, 15) is 4.39 Å². The van der Waals surface area contributed by atoms with Crippen LogP contribution in [0.1, 0.15) is 24.3 Å². The first kappa shape index (κ1) is 16.4. The van der Waals surface area contributed by atoms with E-state index in [0.29, 0.717) is 25.1 Å². The first-order valence-corrected chi connectivity index (χ1v) is 8.21. The average molecular weight is 310 g/mol. The lowest BCUT2D eigenvalue weighted by Crippen LogP contribution is -2.27. The number of thiophene rings is 1. The van der Waals surface area contributed by atoms with Gasteiger partial charge < -0.3 is 15.4 Å². The van der Waals surface area contributed by atoms with Crippen LogP contribution in [0.25, 0.3) is 10.1 Å². The minimum absolute atomic E-state index is 0.189. The number of likely N-dealkylation sites (N-methyl/N-ethyl adjacent to an activating group) is 1. The Kier molecular flexibility index (Phi) is 6.11. The number of halogens is 1. The van der Waals surface area contributed by atoms with Gasteiger partial charge in [-0.2, -0.15) is 0 Å². The third-order valence-electron chi connectivity index (χ3n) is 3.72. The van der Waals surface area contributed by atoms with Crippen LogP contribution in [0.15, 0.2) is 18.2 Å². The van der Waals surface area contributed by atoms with Gasteiger partial charge >= 0.3 is 0 Å². The van der Waals surface area contributed by atoms with E-state index in [1.807, 2.05) is 6.07 Å². The van der Waals surface area contributed by atoms with E-state index in [1.54, 1.807) is 17.4 Å². The highest BCUT2D eigenvalue weighted by atomic mass is 32.1. The molecule has 1 aromatic heterocycles. The lowest BCUT2D eigenvalue weighted by molar-refractivity contribution is 0.0960. The molecule has 2 rings (SSSR count). The zero-order valence-electron chi connectivity index (χ0n) is 12.7. The number of hydrogen-bond acceptors (Lipinski definition) is 4. The summed E-state index contributed by atoms with van der Waals surface area (Å²) < 4.78 is 20.7. The van der Waals surface area contributed by atoms with Crippen LogP contribution < -0.4 is 5.73 Å². The summed E-state index contributed by atoms with van der Waals surface area (Å²) in [5.74, 6) is -0.189. The summed E-state index contributed by atoms with van der Waals surface area (Å²) in [6.07, 6.45) is 0. The molecule has 116 valence electrons. The van der Waals surface area contributed by atoms with Gasteiger partial charge in [-0.3, -0.25) is 0 Å². The molecule has 21 heavy (non-hydrogen) atoms. The van der Waals surface area contributed by atoms with Crippen LogP contribution in [0.3, 0.4) is 0 Å². The number of nitrogens with two attached hydrogens (primary N) is 1. The van der Waals surface area contributed by atoms with Crippen LogP contribution in [0.2, 0.25) is 0 Å². The van der Waals surface area contributed by atoms with Crippen molar-refractivity contribution in [2.45, 2.75) is 27.0 Å². The van der Waals surface area contributed by atoms with E-state index in [1.165, 1.54) is 6.07 Å². The molecule has 0 atom stereocenters. The SMILES string of the molecule is CCN(CC)CCOCc1c(CN)sc2cccc(F)c12. The molecule has 3 nitrogen and oxygen atoms in total. The van der Waals surface area contributed by atoms with Crippen molar-refractivity contribution in [2.75, 3.05) is 26.2 Å². The van der Waals surface area contributed by atoms with Crippen molar-refractivity contribution in [1.82, 2.24) is 4.90 Å². The minimum atomic E-state index is -0.189. The Morgan fingerprint density at radius 2 is 2.05 bits per heavy atom. The fourth-order valence-corrected chi connectivity index (χ4v) is 3.54. The van der Waals surface area contributed by atoms with Crippen molar-refractivity contribution in [2.24, 2.45) is 5.73 Å². The van der Waals surface area contributed by atoms with Gasteiger partial charge in [-0.15, -0.1) is 11.3 Å². The van der Waals surface area contributed by atoms with Crippen LogP contribution in [-0.2, 0) is 17.9 Å². The van der Waals surface area contributed by atoms with Crippen LogP contribution in [0.4, 0.5) is 4.39 Å². The normalized spacial score (nSPS) is 11.7. The van der Waals surface area contributed by atoms with Crippen molar-refractivity contribution >= 4 is 21.4 Å². The van der Waals surface area contributed by atoms with Crippen molar-refractivity contribution in [1.29, 1.82) is 0 Å². The molecule has 0 unspecified atom stereocenters. The first-order valence-electron chi connectivity index (χ1n) is 7.40. The number of fused-ring (bicyclic) bond motifs is 1. The van der Waals surface area contributed by atoms with Crippen LogP contribution >= 0.6 is 11.3 Å². The van der Waals surface area contributed by atoms with Gasteiger partial charge in [-0.05, 0) is 25.2 Å². The fraction of sp³-hybridized carbons (Fsp3) is 0.500. The Morgan fingerprint density at radius 1 is 1.29 bits per heavy atom. The second-order valence-electron chi connectivity index (χ2n) is 4.90. The monoisotopic (exact) mass is 310 g/mol. The zero-order valence-corrected chi connectivity index (χ0v) is 13.5. The molecular formula is C16H23FN2OS.